The Labute approximate surface area is 97.2 Å². The zero-order chi connectivity index (χ0) is 11.4. The Morgan fingerprint density at radius 3 is 2.80 bits per heavy atom. The minimum Gasteiger partial charge on any atom is -0.504 e. The molecule has 0 spiro atoms. The van der Waals surface area contributed by atoms with Crippen LogP contribution < -0.4 is 4.74 Å². The van der Waals surface area contributed by atoms with E-state index in [-0.39, 0.29) is 11.7 Å². The Kier molecular flexibility index (Phi) is 4.15. The van der Waals surface area contributed by atoms with Crippen LogP contribution in [0.15, 0.2) is 16.6 Å². The van der Waals surface area contributed by atoms with Gasteiger partial charge in [0.05, 0.1) is 7.11 Å². The molecule has 0 fully saturated rings. The maximum absolute atomic E-state index is 10.4. The highest BCUT2D eigenvalue weighted by atomic mass is 79.9. The van der Waals surface area contributed by atoms with Crippen LogP contribution in [0.25, 0.3) is 0 Å². The third-order valence-corrected chi connectivity index (χ3v) is 2.97. The van der Waals surface area contributed by atoms with Gasteiger partial charge in [0.15, 0.2) is 11.5 Å². The smallest absolute Gasteiger partial charge is 0.161 e. The molecule has 1 unspecified atom stereocenters. The van der Waals surface area contributed by atoms with Crippen molar-refractivity contribution < 1.29 is 14.6 Å². The number of benzene rings is 1. The van der Waals surface area contributed by atoms with E-state index in [0.717, 1.165) is 16.3 Å². The number of carbonyl (C=O) groups excluding carboxylic acids is 1. The Morgan fingerprint density at radius 1 is 1.60 bits per heavy atom. The summed E-state index contributed by atoms with van der Waals surface area (Å²) in [5.74, 6) is 0.589. The number of phenols is 1. The molecule has 0 bridgehead atoms. The van der Waals surface area contributed by atoms with E-state index in [2.05, 4.69) is 15.9 Å². The van der Waals surface area contributed by atoms with Gasteiger partial charge in [-0.05, 0) is 23.6 Å². The summed E-state index contributed by atoms with van der Waals surface area (Å²) in [5.41, 5.74) is 0.903. The Balaban J connectivity index is 3.09. The van der Waals surface area contributed by atoms with Crippen LogP contribution in [0, 0.1) is 0 Å². The SMILES string of the molecule is COc1cc(Br)c(C(C)CC=O)cc1O. The van der Waals surface area contributed by atoms with Crippen molar-refractivity contribution >= 4 is 22.2 Å². The molecule has 3 nitrogen and oxygen atoms in total. The average Bonchev–Trinajstić information content (AvgIpc) is 2.21. The molecule has 15 heavy (non-hydrogen) atoms. The zero-order valence-electron chi connectivity index (χ0n) is 8.66. The molecule has 1 aromatic rings. The summed E-state index contributed by atoms with van der Waals surface area (Å²) in [4.78, 5) is 10.4. The monoisotopic (exact) mass is 272 g/mol. The minimum absolute atomic E-state index is 0.0775. The lowest BCUT2D eigenvalue weighted by Crippen LogP contribution is -1.96. The normalized spacial score (nSPS) is 12.2. The first-order valence-corrected chi connectivity index (χ1v) is 5.39. The first-order chi connectivity index (χ1) is 7.10. The van der Waals surface area contributed by atoms with Crippen molar-refractivity contribution in [2.24, 2.45) is 0 Å². The van der Waals surface area contributed by atoms with E-state index in [1.54, 1.807) is 12.1 Å². The van der Waals surface area contributed by atoms with Gasteiger partial charge in [-0.3, -0.25) is 0 Å². The highest BCUT2D eigenvalue weighted by Crippen LogP contribution is 2.36. The number of aromatic hydroxyl groups is 1. The van der Waals surface area contributed by atoms with Crippen LogP contribution in [0.1, 0.15) is 24.8 Å². The Hall–Kier alpha value is -1.03. The quantitative estimate of drug-likeness (QED) is 0.858. The van der Waals surface area contributed by atoms with Gasteiger partial charge in [0.1, 0.15) is 6.29 Å². The number of phenolic OH excluding ortho intramolecular Hbond substituents is 1. The van der Waals surface area contributed by atoms with Gasteiger partial charge in [0.25, 0.3) is 0 Å². The summed E-state index contributed by atoms with van der Waals surface area (Å²) < 4.78 is 5.81. The molecule has 1 N–H and O–H groups in total. The number of ether oxygens (including phenoxy) is 1. The zero-order valence-corrected chi connectivity index (χ0v) is 10.2. The molecule has 0 saturated heterocycles. The van der Waals surface area contributed by atoms with E-state index in [9.17, 15) is 9.90 Å². The molecule has 0 aliphatic rings. The molecule has 1 rings (SSSR count). The van der Waals surface area contributed by atoms with Crippen LogP contribution in [0.3, 0.4) is 0 Å². The van der Waals surface area contributed by atoms with Gasteiger partial charge in [-0.2, -0.15) is 0 Å². The molecule has 4 heteroatoms. The van der Waals surface area contributed by atoms with Crippen LogP contribution in [0.2, 0.25) is 0 Å². The molecule has 1 aromatic carbocycles. The van der Waals surface area contributed by atoms with Gasteiger partial charge in [0, 0.05) is 10.9 Å². The number of rotatable bonds is 4. The average molecular weight is 273 g/mol. The van der Waals surface area contributed by atoms with Crippen molar-refractivity contribution in [2.45, 2.75) is 19.3 Å². The Morgan fingerprint density at radius 2 is 2.27 bits per heavy atom. The molecule has 0 aliphatic heterocycles. The van der Waals surface area contributed by atoms with E-state index in [1.165, 1.54) is 7.11 Å². The maximum Gasteiger partial charge on any atom is 0.161 e. The van der Waals surface area contributed by atoms with Crippen LogP contribution in [-0.2, 0) is 4.79 Å². The number of methoxy groups -OCH3 is 1. The predicted octanol–water partition coefficient (Wildman–Crippen LogP) is 2.86. The number of hydrogen-bond acceptors (Lipinski definition) is 3. The molecule has 0 aliphatic carbocycles. The topological polar surface area (TPSA) is 46.5 Å². The molecule has 1 atom stereocenters. The summed E-state index contributed by atoms with van der Waals surface area (Å²) in [5, 5.41) is 9.60. The van der Waals surface area contributed by atoms with Crippen molar-refractivity contribution in [3.8, 4) is 11.5 Å². The molecule has 0 radical (unpaired) electrons. The predicted molar refractivity (Wildman–Crippen MR) is 61.5 cm³/mol. The third-order valence-electron chi connectivity index (χ3n) is 2.28. The van der Waals surface area contributed by atoms with Gasteiger partial charge in [-0.15, -0.1) is 0 Å². The van der Waals surface area contributed by atoms with Crippen LogP contribution in [0.5, 0.6) is 11.5 Å². The minimum atomic E-state index is 0.0775. The van der Waals surface area contributed by atoms with Crippen molar-refractivity contribution in [1.82, 2.24) is 0 Å². The standard InChI is InChI=1S/C11H13BrO3/c1-7(3-4-13)8-5-10(14)11(15-2)6-9(8)12/h4-7,14H,3H2,1-2H3. The lowest BCUT2D eigenvalue weighted by molar-refractivity contribution is -0.108. The van der Waals surface area contributed by atoms with Crippen LogP contribution in [0.4, 0.5) is 0 Å². The summed E-state index contributed by atoms with van der Waals surface area (Å²) in [6.07, 6.45) is 1.31. The largest absolute Gasteiger partial charge is 0.504 e. The van der Waals surface area contributed by atoms with E-state index in [4.69, 9.17) is 4.74 Å². The van der Waals surface area contributed by atoms with Gasteiger partial charge in [-0.25, -0.2) is 0 Å². The lowest BCUT2D eigenvalue weighted by Gasteiger charge is -2.13. The molecule has 0 amide bonds. The number of halogens is 1. The summed E-state index contributed by atoms with van der Waals surface area (Å²) in [6, 6.07) is 3.32. The van der Waals surface area contributed by atoms with Crippen molar-refractivity contribution in [3.05, 3.63) is 22.2 Å². The second-order valence-corrected chi connectivity index (χ2v) is 4.20. The Bertz CT molecular complexity index is 363. The molecule has 0 aromatic heterocycles. The number of hydrogen-bond donors (Lipinski definition) is 1. The second kappa shape index (κ2) is 5.16. The van der Waals surface area contributed by atoms with Crippen molar-refractivity contribution in [2.75, 3.05) is 7.11 Å². The van der Waals surface area contributed by atoms with E-state index in [0.29, 0.717) is 12.2 Å². The van der Waals surface area contributed by atoms with Gasteiger partial charge in [-0.1, -0.05) is 22.9 Å². The molecule has 0 saturated carbocycles. The number of aldehydes is 1. The second-order valence-electron chi connectivity index (χ2n) is 3.35. The van der Waals surface area contributed by atoms with Crippen molar-refractivity contribution in [3.63, 3.8) is 0 Å². The third kappa shape index (κ3) is 2.72. The lowest BCUT2D eigenvalue weighted by atomic mass is 9.98. The maximum atomic E-state index is 10.4. The fraction of sp³-hybridized carbons (Fsp3) is 0.364. The molecule has 0 heterocycles. The highest BCUT2D eigenvalue weighted by molar-refractivity contribution is 9.10. The summed E-state index contributed by atoms with van der Waals surface area (Å²) >= 11 is 3.39. The van der Waals surface area contributed by atoms with E-state index in [1.807, 2.05) is 6.92 Å². The van der Waals surface area contributed by atoms with Gasteiger partial charge >= 0.3 is 0 Å². The summed E-state index contributed by atoms with van der Waals surface area (Å²) in [7, 11) is 1.50. The fourth-order valence-corrected chi connectivity index (χ4v) is 2.09. The van der Waals surface area contributed by atoms with Gasteiger partial charge in [0.2, 0.25) is 0 Å². The highest BCUT2D eigenvalue weighted by Gasteiger charge is 2.13. The fourth-order valence-electron chi connectivity index (χ4n) is 1.37. The van der Waals surface area contributed by atoms with Crippen molar-refractivity contribution in [1.29, 1.82) is 0 Å². The number of carbonyl (C=O) groups is 1. The molecular formula is C11H13BrO3. The molecule has 82 valence electrons. The summed E-state index contributed by atoms with van der Waals surface area (Å²) in [6.45, 7) is 1.93. The van der Waals surface area contributed by atoms with E-state index >= 15 is 0 Å². The first-order valence-electron chi connectivity index (χ1n) is 4.60. The first kappa shape index (κ1) is 12.0. The molecular weight excluding hydrogens is 260 g/mol. The van der Waals surface area contributed by atoms with Crippen LogP contribution in [-0.4, -0.2) is 18.5 Å². The van der Waals surface area contributed by atoms with E-state index < -0.39 is 0 Å². The van der Waals surface area contributed by atoms with Crippen LogP contribution >= 0.6 is 15.9 Å². The van der Waals surface area contributed by atoms with Gasteiger partial charge < -0.3 is 14.6 Å².